The standard InChI is InChI=1S/C14H19ClO2/c1-5-6-7-10(2)11-8-13(16-3)14(17-4)9-12(11)15/h5-6,8-10H,7H2,1-4H3/b6-5-. The normalized spacial score (nSPS) is 12.8. The van der Waals surface area contributed by atoms with Crippen molar-refractivity contribution in [1.82, 2.24) is 0 Å². The lowest BCUT2D eigenvalue weighted by atomic mass is 9.97. The molecular weight excluding hydrogens is 236 g/mol. The van der Waals surface area contributed by atoms with E-state index in [9.17, 15) is 0 Å². The number of halogens is 1. The van der Waals surface area contributed by atoms with Crippen molar-refractivity contribution in [2.24, 2.45) is 0 Å². The van der Waals surface area contributed by atoms with E-state index in [1.807, 2.05) is 25.1 Å². The molecule has 0 heterocycles. The molecule has 17 heavy (non-hydrogen) atoms. The van der Waals surface area contributed by atoms with E-state index in [-0.39, 0.29) is 0 Å². The molecule has 0 saturated carbocycles. The fourth-order valence-electron chi connectivity index (χ4n) is 1.71. The molecule has 1 rings (SSSR count). The average Bonchev–Trinajstić information content (AvgIpc) is 2.35. The molecule has 0 aromatic heterocycles. The summed E-state index contributed by atoms with van der Waals surface area (Å²) in [5.41, 5.74) is 1.09. The molecule has 0 fully saturated rings. The summed E-state index contributed by atoms with van der Waals surface area (Å²) >= 11 is 6.25. The highest BCUT2D eigenvalue weighted by molar-refractivity contribution is 6.31. The van der Waals surface area contributed by atoms with E-state index in [0.717, 1.165) is 22.8 Å². The monoisotopic (exact) mass is 254 g/mol. The first-order valence-electron chi connectivity index (χ1n) is 5.66. The maximum absolute atomic E-state index is 6.25. The van der Waals surface area contributed by atoms with E-state index in [0.29, 0.717) is 11.7 Å². The van der Waals surface area contributed by atoms with Crippen LogP contribution in [0.2, 0.25) is 5.02 Å². The zero-order valence-corrected chi connectivity index (χ0v) is 11.5. The molecule has 0 saturated heterocycles. The van der Waals surface area contributed by atoms with Crippen molar-refractivity contribution in [3.05, 3.63) is 34.9 Å². The molecule has 94 valence electrons. The lowest BCUT2D eigenvalue weighted by Crippen LogP contribution is -1.97. The Labute approximate surface area is 108 Å². The number of allylic oxidation sites excluding steroid dienone is 2. The Morgan fingerprint density at radius 1 is 1.24 bits per heavy atom. The smallest absolute Gasteiger partial charge is 0.162 e. The molecule has 0 radical (unpaired) electrons. The van der Waals surface area contributed by atoms with Gasteiger partial charge in [0.05, 0.1) is 14.2 Å². The largest absolute Gasteiger partial charge is 0.493 e. The van der Waals surface area contributed by atoms with Crippen LogP contribution in [0.15, 0.2) is 24.3 Å². The van der Waals surface area contributed by atoms with Crippen molar-refractivity contribution < 1.29 is 9.47 Å². The maximum Gasteiger partial charge on any atom is 0.162 e. The first kappa shape index (κ1) is 13.9. The van der Waals surface area contributed by atoms with E-state index in [2.05, 4.69) is 13.0 Å². The third kappa shape index (κ3) is 3.40. The zero-order chi connectivity index (χ0) is 12.8. The summed E-state index contributed by atoms with van der Waals surface area (Å²) in [5.74, 6) is 1.75. The van der Waals surface area contributed by atoms with Gasteiger partial charge in [-0.2, -0.15) is 0 Å². The summed E-state index contributed by atoms with van der Waals surface area (Å²) in [6, 6.07) is 3.76. The van der Waals surface area contributed by atoms with Gasteiger partial charge in [0, 0.05) is 11.1 Å². The van der Waals surface area contributed by atoms with Gasteiger partial charge >= 0.3 is 0 Å². The zero-order valence-electron chi connectivity index (χ0n) is 10.8. The van der Waals surface area contributed by atoms with Crippen LogP contribution in [0.4, 0.5) is 0 Å². The van der Waals surface area contributed by atoms with E-state index >= 15 is 0 Å². The molecule has 1 aromatic carbocycles. The van der Waals surface area contributed by atoms with Crippen LogP contribution >= 0.6 is 11.6 Å². The van der Waals surface area contributed by atoms with Gasteiger partial charge in [-0.3, -0.25) is 0 Å². The predicted molar refractivity (Wildman–Crippen MR) is 72.4 cm³/mol. The van der Waals surface area contributed by atoms with Crippen LogP contribution in [0.25, 0.3) is 0 Å². The number of methoxy groups -OCH3 is 2. The van der Waals surface area contributed by atoms with Crippen LogP contribution in [-0.2, 0) is 0 Å². The van der Waals surface area contributed by atoms with Crippen LogP contribution in [0.1, 0.15) is 31.7 Å². The second kappa shape index (κ2) is 6.55. The Kier molecular flexibility index (Phi) is 5.36. The molecular formula is C14H19ClO2. The molecule has 1 atom stereocenters. The minimum atomic E-state index is 0.360. The molecule has 3 heteroatoms. The Morgan fingerprint density at radius 3 is 2.35 bits per heavy atom. The fraction of sp³-hybridized carbons (Fsp3) is 0.429. The highest BCUT2D eigenvalue weighted by Gasteiger charge is 2.14. The number of hydrogen-bond acceptors (Lipinski definition) is 2. The number of benzene rings is 1. The van der Waals surface area contributed by atoms with Crippen LogP contribution in [-0.4, -0.2) is 14.2 Å². The summed E-state index contributed by atoms with van der Waals surface area (Å²) in [6.07, 6.45) is 5.15. The predicted octanol–water partition coefficient (Wildman–Crippen LogP) is 4.43. The van der Waals surface area contributed by atoms with Crippen LogP contribution in [0.5, 0.6) is 11.5 Å². The van der Waals surface area contributed by atoms with Crippen molar-refractivity contribution in [2.75, 3.05) is 14.2 Å². The summed E-state index contributed by atoms with van der Waals surface area (Å²) in [7, 11) is 3.24. The third-order valence-electron chi connectivity index (χ3n) is 2.76. The second-order valence-corrected chi connectivity index (χ2v) is 4.34. The molecule has 0 aliphatic rings. The summed E-state index contributed by atoms with van der Waals surface area (Å²) in [5, 5.41) is 0.722. The van der Waals surface area contributed by atoms with E-state index in [4.69, 9.17) is 21.1 Å². The van der Waals surface area contributed by atoms with Gasteiger partial charge in [-0.1, -0.05) is 30.7 Å². The minimum absolute atomic E-state index is 0.360. The molecule has 1 aromatic rings. The third-order valence-corrected chi connectivity index (χ3v) is 3.09. The maximum atomic E-state index is 6.25. The topological polar surface area (TPSA) is 18.5 Å². The molecule has 2 nitrogen and oxygen atoms in total. The van der Waals surface area contributed by atoms with Crippen molar-refractivity contribution in [1.29, 1.82) is 0 Å². The van der Waals surface area contributed by atoms with Crippen molar-refractivity contribution >= 4 is 11.6 Å². The summed E-state index contributed by atoms with van der Waals surface area (Å²) in [6.45, 7) is 4.16. The highest BCUT2D eigenvalue weighted by atomic mass is 35.5. The Bertz CT molecular complexity index is 399. The first-order valence-corrected chi connectivity index (χ1v) is 6.04. The first-order chi connectivity index (χ1) is 8.13. The second-order valence-electron chi connectivity index (χ2n) is 3.93. The van der Waals surface area contributed by atoms with Gasteiger partial charge in [0.2, 0.25) is 0 Å². The van der Waals surface area contributed by atoms with E-state index in [1.165, 1.54) is 0 Å². The van der Waals surface area contributed by atoms with Gasteiger partial charge in [0.1, 0.15) is 0 Å². The molecule has 0 spiro atoms. The molecule has 0 aliphatic heterocycles. The quantitative estimate of drug-likeness (QED) is 0.724. The Balaban J connectivity index is 3.07. The van der Waals surface area contributed by atoms with Gasteiger partial charge in [-0.05, 0) is 30.9 Å². The molecule has 0 amide bonds. The molecule has 0 N–H and O–H groups in total. The van der Waals surface area contributed by atoms with Gasteiger partial charge in [0.25, 0.3) is 0 Å². The average molecular weight is 255 g/mol. The van der Waals surface area contributed by atoms with Crippen molar-refractivity contribution in [2.45, 2.75) is 26.2 Å². The highest BCUT2D eigenvalue weighted by Crippen LogP contribution is 2.37. The number of ether oxygens (including phenoxy) is 2. The van der Waals surface area contributed by atoms with E-state index in [1.54, 1.807) is 14.2 Å². The Hall–Kier alpha value is -1.15. The van der Waals surface area contributed by atoms with Crippen molar-refractivity contribution in [3.8, 4) is 11.5 Å². The van der Waals surface area contributed by atoms with Gasteiger partial charge in [0.15, 0.2) is 11.5 Å². The number of rotatable bonds is 5. The summed E-state index contributed by atoms with van der Waals surface area (Å²) < 4.78 is 10.5. The fourth-order valence-corrected chi connectivity index (χ4v) is 2.05. The molecule has 0 bridgehead atoms. The SMILES string of the molecule is C/C=C\CC(C)c1cc(OC)c(OC)cc1Cl. The molecule has 0 aliphatic carbocycles. The summed E-state index contributed by atoms with van der Waals surface area (Å²) in [4.78, 5) is 0. The van der Waals surface area contributed by atoms with Crippen LogP contribution in [0.3, 0.4) is 0 Å². The minimum Gasteiger partial charge on any atom is -0.493 e. The van der Waals surface area contributed by atoms with Crippen LogP contribution < -0.4 is 9.47 Å². The van der Waals surface area contributed by atoms with Gasteiger partial charge < -0.3 is 9.47 Å². The van der Waals surface area contributed by atoms with Crippen LogP contribution in [0, 0.1) is 0 Å². The lowest BCUT2D eigenvalue weighted by molar-refractivity contribution is 0.354. The van der Waals surface area contributed by atoms with Gasteiger partial charge in [-0.15, -0.1) is 0 Å². The number of hydrogen-bond donors (Lipinski definition) is 0. The Morgan fingerprint density at radius 2 is 1.82 bits per heavy atom. The van der Waals surface area contributed by atoms with E-state index < -0.39 is 0 Å². The van der Waals surface area contributed by atoms with Gasteiger partial charge in [-0.25, -0.2) is 0 Å². The van der Waals surface area contributed by atoms with Crippen molar-refractivity contribution in [3.63, 3.8) is 0 Å². The molecule has 1 unspecified atom stereocenters. The lowest BCUT2D eigenvalue weighted by Gasteiger charge is -2.15.